The Labute approximate surface area is 176 Å². The van der Waals surface area contributed by atoms with Gasteiger partial charge in [-0.25, -0.2) is 0 Å². The molecule has 1 fully saturated rings. The van der Waals surface area contributed by atoms with Crippen molar-refractivity contribution in [1.82, 2.24) is 20.4 Å². The summed E-state index contributed by atoms with van der Waals surface area (Å²) in [5.74, 6) is 0.592. The Morgan fingerprint density at radius 2 is 1.78 bits per heavy atom. The summed E-state index contributed by atoms with van der Waals surface area (Å²) in [7, 11) is 1.65. The van der Waals surface area contributed by atoms with E-state index in [1.165, 1.54) is 6.07 Å². The van der Waals surface area contributed by atoms with Crippen LogP contribution in [-0.4, -0.2) is 68.6 Å². The molecule has 9 heteroatoms. The maximum atomic E-state index is 12.8. The summed E-state index contributed by atoms with van der Waals surface area (Å²) in [5, 5.41) is 6.28. The second-order valence-corrected chi connectivity index (χ2v) is 6.33. The number of guanidine groups is 1. The fourth-order valence-electron chi connectivity index (χ4n) is 2.93. The van der Waals surface area contributed by atoms with E-state index in [1.54, 1.807) is 13.1 Å². The van der Waals surface area contributed by atoms with Gasteiger partial charge in [0.15, 0.2) is 5.96 Å². The van der Waals surface area contributed by atoms with Crippen molar-refractivity contribution in [2.75, 3.05) is 52.9 Å². The largest absolute Gasteiger partial charge is 0.416 e. The zero-order chi connectivity index (χ0) is 19.0. The summed E-state index contributed by atoms with van der Waals surface area (Å²) in [6, 6.07) is 5.33. The van der Waals surface area contributed by atoms with E-state index in [4.69, 9.17) is 0 Å². The van der Waals surface area contributed by atoms with Crippen LogP contribution in [0.3, 0.4) is 0 Å². The zero-order valence-electron chi connectivity index (χ0n) is 15.9. The molecule has 0 aliphatic carbocycles. The summed E-state index contributed by atoms with van der Waals surface area (Å²) in [5.41, 5.74) is -0.0653. The number of hydrogen-bond acceptors (Lipinski definition) is 3. The summed E-state index contributed by atoms with van der Waals surface area (Å²) >= 11 is 0. The smallest absolute Gasteiger partial charge is 0.355 e. The Morgan fingerprint density at radius 3 is 2.37 bits per heavy atom. The molecule has 0 spiro atoms. The van der Waals surface area contributed by atoms with Gasteiger partial charge in [0.25, 0.3) is 0 Å². The van der Waals surface area contributed by atoms with Gasteiger partial charge in [-0.15, -0.1) is 24.0 Å². The van der Waals surface area contributed by atoms with E-state index in [2.05, 4.69) is 32.3 Å². The predicted molar refractivity (Wildman–Crippen MR) is 114 cm³/mol. The lowest BCUT2D eigenvalue weighted by molar-refractivity contribution is -0.137. The number of halogens is 4. The normalized spacial score (nSPS) is 16.7. The monoisotopic (exact) mass is 499 g/mol. The topological polar surface area (TPSA) is 42.9 Å². The van der Waals surface area contributed by atoms with Crippen LogP contribution < -0.4 is 10.6 Å². The van der Waals surface area contributed by atoms with Gasteiger partial charge in [0.05, 0.1) is 5.56 Å². The Hall–Kier alpha value is -1.07. The summed E-state index contributed by atoms with van der Waals surface area (Å²) in [6.45, 7) is 9.54. The van der Waals surface area contributed by atoms with Crippen LogP contribution in [0.4, 0.5) is 13.2 Å². The number of piperazine rings is 1. The standard InChI is InChI=1S/C18H28F3N5.HI/c1-3-25-9-11-26(12-10-25)8-7-23-17(22-2)24-14-15-5-4-6-16(13-15)18(19,20)21;/h4-6,13H,3,7-12,14H2,1-2H3,(H2,22,23,24);1H. The average molecular weight is 499 g/mol. The number of benzene rings is 1. The Bertz CT molecular complexity index is 587. The number of nitrogens with one attached hydrogen (secondary N) is 2. The van der Waals surface area contributed by atoms with E-state index in [1.807, 2.05) is 0 Å². The van der Waals surface area contributed by atoms with Gasteiger partial charge in [-0.1, -0.05) is 19.1 Å². The molecule has 0 saturated carbocycles. The van der Waals surface area contributed by atoms with E-state index in [0.29, 0.717) is 18.1 Å². The molecule has 0 amide bonds. The molecule has 5 nitrogen and oxygen atoms in total. The van der Waals surface area contributed by atoms with Crippen molar-refractivity contribution < 1.29 is 13.2 Å². The SMILES string of the molecule is CCN1CCN(CCNC(=NC)NCc2cccc(C(F)(F)F)c2)CC1.I. The highest BCUT2D eigenvalue weighted by Gasteiger charge is 2.30. The number of hydrogen-bond donors (Lipinski definition) is 2. The van der Waals surface area contributed by atoms with Crippen molar-refractivity contribution in [3.63, 3.8) is 0 Å². The van der Waals surface area contributed by atoms with Crippen molar-refractivity contribution in [2.24, 2.45) is 4.99 Å². The first-order valence-corrected chi connectivity index (χ1v) is 8.97. The molecule has 1 aliphatic heterocycles. The summed E-state index contributed by atoms with van der Waals surface area (Å²) in [4.78, 5) is 8.96. The Kier molecular flexibility index (Phi) is 10.4. The summed E-state index contributed by atoms with van der Waals surface area (Å²) in [6.07, 6.45) is -4.32. The number of alkyl halides is 3. The maximum absolute atomic E-state index is 12.8. The third-order valence-electron chi connectivity index (χ3n) is 4.57. The zero-order valence-corrected chi connectivity index (χ0v) is 18.2. The van der Waals surface area contributed by atoms with Crippen LogP contribution in [0.25, 0.3) is 0 Å². The molecular formula is C18H29F3IN5. The van der Waals surface area contributed by atoms with E-state index in [9.17, 15) is 13.2 Å². The van der Waals surface area contributed by atoms with Crippen LogP contribution in [0.2, 0.25) is 0 Å². The second-order valence-electron chi connectivity index (χ2n) is 6.33. The molecule has 154 valence electrons. The average Bonchev–Trinajstić information content (AvgIpc) is 2.64. The molecule has 1 aromatic rings. The maximum Gasteiger partial charge on any atom is 0.416 e. The van der Waals surface area contributed by atoms with Gasteiger partial charge in [0.1, 0.15) is 0 Å². The quantitative estimate of drug-likeness (QED) is 0.359. The number of nitrogens with zero attached hydrogens (tertiary/aromatic N) is 3. The highest BCUT2D eigenvalue weighted by molar-refractivity contribution is 14.0. The molecule has 2 N–H and O–H groups in total. The number of rotatable bonds is 6. The molecule has 2 rings (SSSR count). The first kappa shape index (κ1) is 24.0. The molecule has 0 aromatic heterocycles. The van der Waals surface area contributed by atoms with Gasteiger partial charge >= 0.3 is 6.18 Å². The minimum absolute atomic E-state index is 0. The molecule has 1 heterocycles. The first-order chi connectivity index (χ1) is 12.4. The van der Waals surface area contributed by atoms with Gasteiger partial charge in [0, 0.05) is 52.9 Å². The van der Waals surface area contributed by atoms with E-state index in [0.717, 1.165) is 57.9 Å². The molecular weight excluding hydrogens is 470 g/mol. The third-order valence-corrected chi connectivity index (χ3v) is 4.57. The minimum Gasteiger partial charge on any atom is -0.355 e. The number of aliphatic imine (C=N–C) groups is 1. The van der Waals surface area contributed by atoms with Gasteiger partial charge in [-0.3, -0.25) is 9.89 Å². The van der Waals surface area contributed by atoms with Gasteiger partial charge in [-0.05, 0) is 24.2 Å². The van der Waals surface area contributed by atoms with Gasteiger partial charge < -0.3 is 15.5 Å². The van der Waals surface area contributed by atoms with Crippen LogP contribution in [0, 0.1) is 0 Å². The van der Waals surface area contributed by atoms with E-state index in [-0.39, 0.29) is 24.0 Å². The van der Waals surface area contributed by atoms with E-state index < -0.39 is 11.7 Å². The van der Waals surface area contributed by atoms with Crippen LogP contribution in [0.1, 0.15) is 18.1 Å². The first-order valence-electron chi connectivity index (χ1n) is 8.97. The number of likely N-dealkylation sites (N-methyl/N-ethyl adjacent to an activating group) is 1. The van der Waals surface area contributed by atoms with Crippen LogP contribution >= 0.6 is 24.0 Å². The van der Waals surface area contributed by atoms with Crippen molar-refractivity contribution in [2.45, 2.75) is 19.6 Å². The van der Waals surface area contributed by atoms with Crippen molar-refractivity contribution >= 4 is 29.9 Å². The van der Waals surface area contributed by atoms with Gasteiger partial charge in [-0.2, -0.15) is 13.2 Å². The summed E-state index contributed by atoms with van der Waals surface area (Å²) < 4.78 is 38.3. The molecule has 0 unspecified atom stereocenters. The van der Waals surface area contributed by atoms with E-state index >= 15 is 0 Å². The van der Waals surface area contributed by atoms with Crippen LogP contribution in [0.5, 0.6) is 0 Å². The highest BCUT2D eigenvalue weighted by atomic mass is 127. The van der Waals surface area contributed by atoms with Crippen molar-refractivity contribution in [3.05, 3.63) is 35.4 Å². The lowest BCUT2D eigenvalue weighted by Crippen LogP contribution is -2.49. The van der Waals surface area contributed by atoms with Crippen LogP contribution in [0.15, 0.2) is 29.3 Å². The fraction of sp³-hybridized carbons (Fsp3) is 0.611. The highest BCUT2D eigenvalue weighted by Crippen LogP contribution is 2.29. The second kappa shape index (κ2) is 11.7. The van der Waals surface area contributed by atoms with Crippen molar-refractivity contribution in [1.29, 1.82) is 0 Å². The lowest BCUT2D eigenvalue weighted by Gasteiger charge is -2.34. The third kappa shape index (κ3) is 8.22. The molecule has 0 atom stereocenters. The molecule has 0 radical (unpaired) electrons. The van der Waals surface area contributed by atoms with Crippen molar-refractivity contribution in [3.8, 4) is 0 Å². The Morgan fingerprint density at radius 1 is 1.11 bits per heavy atom. The molecule has 0 bridgehead atoms. The fourth-order valence-corrected chi connectivity index (χ4v) is 2.93. The molecule has 27 heavy (non-hydrogen) atoms. The Balaban J connectivity index is 0.00000364. The lowest BCUT2D eigenvalue weighted by atomic mass is 10.1. The predicted octanol–water partition coefficient (Wildman–Crippen LogP) is 2.63. The minimum atomic E-state index is -4.32. The molecule has 1 aliphatic rings. The van der Waals surface area contributed by atoms with Gasteiger partial charge in [0.2, 0.25) is 0 Å². The van der Waals surface area contributed by atoms with Crippen LogP contribution in [-0.2, 0) is 12.7 Å². The molecule has 1 aromatic carbocycles. The molecule has 1 saturated heterocycles.